The molecule has 0 bridgehead atoms. The quantitative estimate of drug-likeness (QED) is 0.0163. The monoisotopic (exact) mass is 888 g/mol. The summed E-state index contributed by atoms with van der Waals surface area (Å²) in [5.41, 5.74) is 0. The summed E-state index contributed by atoms with van der Waals surface area (Å²) in [5.74, 6) is 12.4. The van der Waals surface area contributed by atoms with E-state index in [2.05, 4.69) is 0 Å². The fourth-order valence-corrected chi connectivity index (χ4v) is 14.5. The van der Waals surface area contributed by atoms with Crippen LogP contribution in [0, 0.1) is 0 Å². The van der Waals surface area contributed by atoms with Crippen LogP contribution in [0.4, 0.5) is 0 Å². The topological polar surface area (TPSA) is 125 Å². The van der Waals surface area contributed by atoms with Gasteiger partial charge in [0.05, 0.1) is 24.9 Å². The number of carbonyl (C=O) groups excluding carboxylic acids is 2. The second-order valence-electron chi connectivity index (χ2n) is 8.66. The van der Waals surface area contributed by atoms with E-state index in [4.69, 9.17) is 24.7 Å². The van der Waals surface area contributed by atoms with Gasteiger partial charge in [-0.1, -0.05) is 22.9 Å². The van der Waals surface area contributed by atoms with Gasteiger partial charge in [-0.2, -0.15) is 58.8 Å². The molecule has 280 valence electrons. The van der Waals surface area contributed by atoms with Crippen LogP contribution in [0.5, 0.6) is 0 Å². The van der Waals surface area contributed by atoms with Gasteiger partial charge in [0.25, 0.3) is 0 Å². The highest BCUT2D eigenvalue weighted by molar-refractivity contribution is 8.18. The molecule has 20 heteroatoms. The second-order valence-corrected chi connectivity index (χ2v) is 23.5. The zero-order valence-electron chi connectivity index (χ0n) is 26.9. The van der Waals surface area contributed by atoms with Gasteiger partial charge in [0, 0.05) is 79.9 Å². The molecule has 0 saturated heterocycles. The molecule has 0 aliphatic heterocycles. The summed E-state index contributed by atoms with van der Waals surface area (Å²) in [5, 5.41) is 20.6. The number of thioether (sulfide) groups is 11. The van der Waals surface area contributed by atoms with Crippen LogP contribution < -0.4 is 0 Å². The molecule has 1 unspecified atom stereocenters. The minimum absolute atomic E-state index is 0.130. The largest absolute Gasteiger partial charge is 0.616 e. The second kappa shape index (κ2) is 43.5. The van der Waals surface area contributed by atoms with Crippen molar-refractivity contribution in [3.63, 3.8) is 0 Å². The van der Waals surface area contributed by atoms with Crippen molar-refractivity contribution in [3.8, 4) is 0 Å². The van der Waals surface area contributed by atoms with Crippen LogP contribution >= 0.6 is 129 Å². The Kier molecular flexibility index (Phi) is 46.5. The van der Waals surface area contributed by atoms with Crippen LogP contribution in [0.3, 0.4) is 0 Å². The molecule has 0 aromatic carbocycles. The molecule has 0 aromatic heterocycles. The Labute approximate surface area is 333 Å². The van der Waals surface area contributed by atoms with Gasteiger partial charge < -0.3 is 19.5 Å². The van der Waals surface area contributed by atoms with E-state index in [-0.39, 0.29) is 23.0 Å². The lowest BCUT2D eigenvalue weighted by Crippen LogP contribution is -2.13. The van der Waals surface area contributed by atoms with E-state index in [1.165, 1.54) is 35.3 Å². The van der Waals surface area contributed by atoms with Crippen molar-refractivity contribution in [2.24, 2.45) is 0 Å². The Balaban J connectivity index is 3.29. The van der Waals surface area contributed by atoms with Gasteiger partial charge in [-0.25, -0.2) is 9.78 Å². The summed E-state index contributed by atoms with van der Waals surface area (Å²) in [6, 6.07) is 0. The third kappa shape index (κ3) is 43.4. The average molecular weight is 890 g/mol. The first-order valence-electron chi connectivity index (χ1n) is 15.0. The number of ether oxygens (including phenoxy) is 1. The summed E-state index contributed by atoms with van der Waals surface area (Å²) in [7, 11) is 0. The number of esters is 1. The van der Waals surface area contributed by atoms with E-state index in [9.17, 15) is 14.1 Å². The average Bonchev–Trinajstić information content (AvgIpc) is 3.06. The lowest BCUT2D eigenvalue weighted by Gasteiger charge is -2.10. The lowest BCUT2D eigenvalue weighted by molar-refractivity contribution is -0.278. The molecule has 0 aliphatic carbocycles. The highest BCUT2D eigenvalue weighted by atomic mass is 32.2. The molecule has 47 heavy (non-hydrogen) atoms. The van der Waals surface area contributed by atoms with Gasteiger partial charge in [-0.15, -0.1) is 58.8 Å². The minimum atomic E-state index is -0.764. The standard InChI is InChI=1S/C27H52O8S12/c28-19-36-10-12-38-21-33-26(30)3-8-42-24-41-7-2-17-47(32)18-16-45-25-44-14-15-46-27(31)4-9-43-23-40-6-1-5-34-35-22-39-13-11-37-20-29/h28-29H,1-25H2. The number of hydrogen-bond acceptors (Lipinski definition) is 19. The van der Waals surface area contributed by atoms with Gasteiger partial charge in [0.2, 0.25) is 0 Å². The van der Waals surface area contributed by atoms with Gasteiger partial charge in [-0.3, -0.25) is 9.59 Å². The molecule has 1 atom stereocenters. The van der Waals surface area contributed by atoms with Gasteiger partial charge in [-0.05, 0) is 17.9 Å². The first-order valence-corrected chi connectivity index (χ1v) is 29.0. The number of aliphatic hydroxyl groups excluding tert-OH is 2. The third-order valence-electron chi connectivity index (χ3n) is 4.97. The highest BCUT2D eigenvalue weighted by Crippen LogP contribution is 2.19. The Bertz CT molecular complexity index is 679. The molecule has 8 nitrogen and oxygen atoms in total. The SMILES string of the molecule is O=C(CCSCSCCC[S+]([O-])CCSCSCCSC(=O)CCSCSCCCOOCSCCSCO)OCSCCSCO. The van der Waals surface area contributed by atoms with Crippen molar-refractivity contribution in [2.75, 3.05) is 120 Å². The Hall–Kier alpha value is 3.14. The summed E-state index contributed by atoms with van der Waals surface area (Å²) in [6.45, 7) is 0.591. The van der Waals surface area contributed by atoms with Crippen LogP contribution in [-0.2, 0) is 35.3 Å². The van der Waals surface area contributed by atoms with Crippen molar-refractivity contribution < 1.29 is 38.9 Å². The van der Waals surface area contributed by atoms with E-state index in [1.807, 2.05) is 58.8 Å². The van der Waals surface area contributed by atoms with E-state index in [1.54, 1.807) is 35.3 Å². The maximum absolute atomic E-state index is 12.2. The molecule has 2 N–H and O–H groups in total. The molecule has 0 radical (unpaired) electrons. The van der Waals surface area contributed by atoms with Crippen LogP contribution in [0.25, 0.3) is 0 Å². The summed E-state index contributed by atoms with van der Waals surface area (Å²) in [6.07, 6.45) is 2.94. The van der Waals surface area contributed by atoms with Gasteiger partial charge in [0.1, 0.15) is 23.4 Å². The molecule has 0 saturated carbocycles. The van der Waals surface area contributed by atoms with E-state index >= 15 is 0 Å². The summed E-state index contributed by atoms with van der Waals surface area (Å²) in [4.78, 5) is 34.0. The van der Waals surface area contributed by atoms with Crippen molar-refractivity contribution >= 4 is 152 Å². The Morgan fingerprint density at radius 1 is 0.553 bits per heavy atom. The van der Waals surface area contributed by atoms with Crippen LogP contribution in [0.15, 0.2) is 0 Å². The zero-order chi connectivity index (χ0) is 34.3. The predicted molar refractivity (Wildman–Crippen MR) is 230 cm³/mol. The maximum Gasteiger partial charge on any atom is 0.307 e. The van der Waals surface area contributed by atoms with Crippen LogP contribution in [-0.4, -0.2) is 146 Å². The molecule has 0 fully saturated rings. The smallest absolute Gasteiger partial charge is 0.307 e. The molecule has 0 spiro atoms. The summed E-state index contributed by atoms with van der Waals surface area (Å²) < 4.78 is 17.4. The number of hydrogen-bond donors (Lipinski definition) is 2. The van der Waals surface area contributed by atoms with Crippen molar-refractivity contribution in [2.45, 2.75) is 25.7 Å². The molecule has 0 amide bonds. The summed E-state index contributed by atoms with van der Waals surface area (Å²) >= 11 is 17.8. The normalized spacial score (nSPS) is 12.1. The maximum atomic E-state index is 12.2. The fraction of sp³-hybridized carbons (Fsp3) is 0.926. The molecule has 0 rings (SSSR count). The van der Waals surface area contributed by atoms with Crippen LogP contribution in [0.2, 0.25) is 0 Å². The molecule has 0 heterocycles. The number of aliphatic hydroxyl groups is 2. The van der Waals surface area contributed by atoms with Crippen molar-refractivity contribution in [1.82, 2.24) is 0 Å². The minimum Gasteiger partial charge on any atom is -0.616 e. The first kappa shape index (κ1) is 50.1. The highest BCUT2D eigenvalue weighted by Gasteiger charge is 2.07. The molecule has 0 aromatic rings. The fourth-order valence-electron chi connectivity index (χ4n) is 2.71. The Morgan fingerprint density at radius 3 is 1.81 bits per heavy atom. The molecular formula is C27H52O8S12. The van der Waals surface area contributed by atoms with E-state index < -0.39 is 11.2 Å². The lowest BCUT2D eigenvalue weighted by atomic mass is 10.5. The number of rotatable bonds is 39. The molecular weight excluding hydrogens is 837 g/mol. The predicted octanol–water partition coefficient (Wildman–Crippen LogP) is 7.07. The van der Waals surface area contributed by atoms with Crippen LogP contribution in [0.1, 0.15) is 25.7 Å². The Morgan fingerprint density at radius 2 is 1.11 bits per heavy atom. The number of carbonyl (C=O) groups is 2. The van der Waals surface area contributed by atoms with Gasteiger partial charge in [0.15, 0.2) is 5.12 Å². The first-order chi connectivity index (χ1) is 23.1. The molecule has 0 aliphatic rings. The van der Waals surface area contributed by atoms with Gasteiger partial charge >= 0.3 is 5.97 Å². The van der Waals surface area contributed by atoms with Crippen molar-refractivity contribution in [1.29, 1.82) is 0 Å². The third-order valence-corrected chi connectivity index (χ3v) is 18.3. The van der Waals surface area contributed by atoms with E-state index in [0.717, 1.165) is 103 Å². The van der Waals surface area contributed by atoms with E-state index in [0.29, 0.717) is 31.3 Å². The van der Waals surface area contributed by atoms with Crippen molar-refractivity contribution in [3.05, 3.63) is 0 Å². The zero-order valence-corrected chi connectivity index (χ0v) is 36.7.